The number of hydrogen-bond acceptors (Lipinski definition) is 11. The number of ketones is 1. The van der Waals surface area contributed by atoms with Gasteiger partial charge in [-0.25, -0.2) is 14.3 Å². The average molecular weight is 785 g/mol. The zero-order valence-corrected chi connectivity index (χ0v) is 31.3. The molecule has 3 heterocycles. The van der Waals surface area contributed by atoms with Crippen LogP contribution in [0.1, 0.15) is 76.5 Å². The van der Waals surface area contributed by atoms with Gasteiger partial charge in [0.05, 0.1) is 37.8 Å². The number of nitriles is 1. The van der Waals surface area contributed by atoms with E-state index in [2.05, 4.69) is 30.2 Å². The molecule has 7 rings (SSSR count). The molecule has 0 aliphatic carbocycles. The van der Waals surface area contributed by atoms with Gasteiger partial charge in [0.2, 0.25) is 5.69 Å². The number of benzene rings is 4. The summed E-state index contributed by atoms with van der Waals surface area (Å²) in [4.78, 5) is 47.6. The second-order valence-electron chi connectivity index (χ2n) is 12.0. The summed E-state index contributed by atoms with van der Waals surface area (Å²) in [5, 5.41) is 26.0. The number of aromatic nitrogens is 4. The van der Waals surface area contributed by atoms with E-state index >= 15 is 0 Å². The fourth-order valence-electron chi connectivity index (χ4n) is 5.73. The topological polar surface area (TPSA) is 199 Å². The highest BCUT2D eigenvalue weighted by molar-refractivity contribution is 5.98. The van der Waals surface area contributed by atoms with Gasteiger partial charge in [0, 0.05) is 11.3 Å². The lowest BCUT2D eigenvalue weighted by molar-refractivity contribution is -0.145. The molecular weight excluding hydrogens is 737 g/mol. The predicted molar refractivity (Wildman–Crippen MR) is 226 cm³/mol. The summed E-state index contributed by atoms with van der Waals surface area (Å²) < 4.78 is 11.5. The van der Waals surface area contributed by atoms with E-state index in [4.69, 9.17) is 22.3 Å². The number of esters is 2. The largest absolute Gasteiger partial charge is 0.466 e. The van der Waals surface area contributed by atoms with Crippen LogP contribution in [0.25, 0.3) is 26.4 Å². The van der Waals surface area contributed by atoms with Crippen LogP contribution in [0.15, 0.2) is 109 Å². The van der Waals surface area contributed by atoms with Crippen molar-refractivity contribution in [1.29, 1.82) is 5.26 Å². The third-order valence-electron chi connectivity index (χ3n) is 8.18. The van der Waals surface area contributed by atoms with Crippen molar-refractivity contribution in [1.82, 2.24) is 20.0 Å². The summed E-state index contributed by atoms with van der Waals surface area (Å²) in [7, 11) is 0. The molecule has 0 radical (unpaired) electrons. The van der Waals surface area contributed by atoms with Gasteiger partial charge in [0.15, 0.2) is 6.29 Å². The number of nitrogens with zero attached hydrogens (tertiary/aromatic N) is 5. The Morgan fingerprint density at radius 2 is 1.53 bits per heavy atom. The zero-order chi connectivity index (χ0) is 40.6. The van der Waals surface area contributed by atoms with E-state index in [0.717, 1.165) is 39.0 Å². The van der Waals surface area contributed by atoms with Gasteiger partial charge in [-0.2, -0.15) is 15.5 Å². The zero-order valence-electron chi connectivity index (χ0n) is 31.3. The Labute approximate surface area is 338 Å². The Bertz CT molecular complexity index is 2460. The molecule has 300 valence electrons. The average Bonchev–Trinajstić information content (AvgIpc) is 3.82. The monoisotopic (exact) mass is 784 g/mol. The van der Waals surface area contributed by atoms with Crippen LogP contribution in [0.2, 0.25) is 0 Å². The van der Waals surface area contributed by atoms with Crippen LogP contribution in [0.4, 0.5) is 17.3 Å². The van der Waals surface area contributed by atoms with E-state index in [1.54, 1.807) is 18.5 Å². The van der Waals surface area contributed by atoms with Crippen LogP contribution >= 0.6 is 0 Å². The minimum atomic E-state index is -0.470. The first-order chi connectivity index (χ1) is 27.1. The predicted octanol–water partition coefficient (Wildman–Crippen LogP) is 8.76. The number of carbonyl (C=O) groups is 4. The molecule has 1 aliphatic rings. The second-order valence-corrected chi connectivity index (χ2v) is 12.0. The first kappa shape index (κ1) is 46.6. The number of Topliss-reactive ketones (excluding diaryl/α,β-unsaturated/α-hetero) is 1. The van der Waals surface area contributed by atoms with Gasteiger partial charge in [-0.05, 0) is 54.8 Å². The number of fused-ring (bicyclic) bond motifs is 3. The maximum absolute atomic E-state index is 12.8. The molecule has 0 bridgehead atoms. The molecular formula is C44H48N8O6. The van der Waals surface area contributed by atoms with Gasteiger partial charge in [0.1, 0.15) is 41.5 Å². The van der Waals surface area contributed by atoms with Crippen molar-refractivity contribution in [3.8, 4) is 6.07 Å². The summed E-state index contributed by atoms with van der Waals surface area (Å²) in [6.07, 6.45) is 3.69. The van der Waals surface area contributed by atoms with Crippen molar-refractivity contribution >= 4 is 62.9 Å². The maximum Gasteiger partial charge on any atom is 0.338 e. The number of aromatic amines is 1. The maximum atomic E-state index is 12.8. The van der Waals surface area contributed by atoms with Gasteiger partial charge in [-0.15, -0.1) is 0 Å². The molecule has 4 N–H and O–H groups in total. The number of ether oxygens (including phenoxy) is 2. The van der Waals surface area contributed by atoms with E-state index in [1.807, 2.05) is 97.9 Å². The molecule has 0 saturated carbocycles. The van der Waals surface area contributed by atoms with Crippen LogP contribution in [0.5, 0.6) is 0 Å². The number of H-pyrrole nitrogens is 1. The smallest absolute Gasteiger partial charge is 0.338 e. The first-order valence-corrected chi connectivity index (χ1v) is 17.4. The Hall–Kier alpha value is -7.58. The van der Waals surface area contributed by atoms with E-state index in [9.17, 15) is 19.2 Å². The number of carbonyl (C=O) groups excluding carboxylic acids is 4. The third kappa shape index (κ3) is 11.5. The number of anilines is 2. The highest BCUT2D eigenvalue weighted by atomic mass is 16.5. The molecule has 1 aliphatic heterocycles. The molecule has 0 spiro atoms. The summed E-state index contributed by atoms with van der Waals surface area (Å²) in [6, 6.07) is 29.0. The van der Waals surface area contributed by atoms with Crippen molar-refractivity contribution in [3.63, 3.8) is 0 Å². The summed E-state index contributed by atoms with van der Waals surface area (Å²) >= 11 is 0. The second kappa shape index (κ2) is 22.7. The molecule has 4 aromatic carbocycles. The minimum Gasteiger partial charge on any atom is -0.466 e. The Morgan fingerprint density at radius 3 is 2.09 bits per heavy atom. The number of rotatable bonds is 7. The van der Waals surface area contributed by atoms with Crippen LogP contribution in [0, 0.1) is 17.9 Å². The molecule has 0 amide bonds. The van der Waals surface area contributed by atoms with Crippen LogP contribution in [0.3, 0.4) is 0 Å². The number of allylic oxidation sites excluding steroid dienone is 1. The molecule has 0 fully saturated rings. The van der Waals surface area contributed by atoms with Crippen molar-refractivity contribution in [3.05, 3.63) is 137 Å². The molecule has 2 aromatic heterocycles. The Kier molecular flexibility index (Phi) is 18.2. The molecule has 14 heteroatoms. The first-order valence-electron chi connectivity index (χ1n) is 17.4. The molecule has 58 heavy (non-hydrogen) atoms. The summed E-state index contributed by atoms with van der Waals surface area (Å²) in [5.41, 5.74) is 8.89. The standard InChI is InChI=1S/C21H18N4O2.C11H8O.C6H10O3.C4H4N4.2CH4/c1-4-27-21(26)18-13(2)24-20-17(22-3)12-23-25(20)19(18)16-11-7-9-14-8-5-6-10-15(14)16;12-8-10-6-3-5-9-4-1-2-7-11(9)10;1-3-9-6(8)4-5(2)7;5-1-3-2-7-8-4(3)6;;/h5-12,19,24H,4H2,1-2H3;1-8H;3-4H2,1-2H3;2H,(H3,6,7,8);2*1H4. The molecule has 1 atom stereocenters. The number of hydrogen-bond donors (Lipinski definition) is 3. The van der Waals surface area contributed by atoms with Crippen molar-refractivity contribution in [2.75, 3.05) is 24.3 Å². The van der Waals surface area contributed by atoms with E-state index in [0.29, 0.717) is 40.8 Å². The van der Waals surface area contributed by atoms with Crippen LogP contribution in [-0.2, 0) is 23.9 Å². The summed E-state index contributed by atoms with van der Waals surface area (Å²) in [5.74, 6) is -0.0645. The number of nitrogen functional groups attached to an aromatic ring is 1. The lowest BCUT2D eigenvalue weighted by atomic mass is 9.91. The van der Waals surface area contributed by atoms with Gasteiger partial charge in [-0.3, -0.25) is 19.5 Å². The highest BCUT2D eigenvalue weighted by Gasteiger charge is 2.35. The number of aldehydes is 1. The fourth-order valence-corrected chi connectivity index (χ4v) is 5.73. The van der Waals surface area contributed by atoms with Gasteiger partial charge in [-0.1, -0.05) is 99.8 Å². The quantitative estimate of drug-likeness (QED) is 0.0605. The van der Waals surface area contributed by atoms with Crippen molar-refractivity contribution in [2.45, 2.75) is 55.0 Å². The number of nitrogens with two attached hydrogens (primary N) is 1. The minimum absolute atomic E-state index is 0. The van der Waals surface area contributed by atoms with Crippen LogP contribution < -0.4 is 11.1 Å². The summed E-state index contributed by atoms with van der Waals surface area (Å²) in [6.45, 7) is 14.7. The Morgan fingerprint density at radius 1 is 0.931 bits per heavy atom. The molecule has 6 aromatic rings. The van der Waals surface area contributed by atoms with Gasteiger partial charge < -0.3 is 20.5 Å². The highest BCUT2D eigenvalue weighted by Crippen LogP contribution is 2.42. The van der Waals surface area contributed by atoms with Crippen LogP contribution in [-0.4, -0.2) is 57.2 Å². The third-order valence-corrected chi connectivity index (χ3v) is 8.18. The van der Waals surface area contributed by atoms with E-state index in [-0.39, 0.29) is 39.6 Å². The Balaban J connectivity index is 0.000000309. The lowest BCUT2D eigenvalue weighted by Gasteiger charge is -2.30. The SMILES string of the molecule is C.C.CCOC(=O)CC(C)=O.N#Cc1cn[nH]c1N.O=Cc1cccc2ccccc12.[C-]#[N+]c1cnn2c1NC(C)=C(C(=O)OCC)C2c1cccc2ccccc12. The van der Waals surface area contributed by atoms with Crippen molar-refractivity contribution < 1.29 is 28.7 Å². The van der Waals surface area contributed by atoms with Gasteiger partial charge >= 0.3 is 11.9 Å². The van der Waals surface area contributed by atoms with E-state index < -0.39 is 12.0 Å². The molecule has 14 nitrogen and oxygen atoms in total. The molecule has 1 unspecified atom stereocenters. The van der Waals surface area contributed by atoms with Gasteiger partial charge in [0.25, 0.3) is 0 Å². The normalized spacial score (nSPS) is 11.9. The van der Waals surface area contributed by atoms with Crippen molar-refractivity contribution in [2.24, 2.45) is 0 Å². The fraction of sp³-hybridized carbons (Fsp3) is 0.227. The lowest BCUT2D eigenvalue weighted by Crippen LogP contribution is -2.29. The molecule has 0 saturated heterocycles. The van der Waals surface area contributed by atoms with E-state index in [1.165, 1.54) is 19.3 Å². The number of nitrogens with one attached hydrogen (secondary N) is 2.